The molecule has 1 N–H and O–H groups in total. The lowest BCUT2D eigenvalue weighted by Gasteiger charge is -2.40. The third kappa shape index (κ3) is 5.80. The van der Waals surface area contributed by atoms with E-state index in [1.54, 1.807) is 24.0 Å². The maximum atomic E-state index is 15.1. The van der Waals surface area contributed by atoms with Crippen molar-refractivity contribution in [1.82, 2.24) is 20.1 Å². The van der Waals surface area contributed by atoms with Gasteiger partial charge in [0, 0.05) is 24.8 Å². The van der Waals surface area contributed by atoms with Gasteiger partial charge in [-0.05, 0) is 107 Å². The molecule has 1 aromatic heterocycles. The molecule has 11 nitrogen and oxygen atoms in total. The van der Waals surface area contributed by atoms with Gasteiger partial charge in [0.05, 0.1) is 25.0 Å². The molecule has 2 saturated heterocycles. The van der Waals surface area contributed by atoms with E-state index in [0.717, 1.165) is 50.9 Å². The number of ether oxygens (including phenoxy) is 2. The summed E-state index contributed by atoms with van der Waals surface area (Å²) in [6.45, 7) is 4.98. The molecule has 3 amide bonds. The second kappa shape index (κ2) is 13.1. The lowest BCUT2D eigenvalue weighted by Crippen LogP contribution is -2.58. The standard InChI is InChI=1S/C34H40FN5O6S/c1-4-46-31-26(8-7-17-36-31)34(37-33(42)39-20-15-24(16-21-39)23-13-18-38(2)19-14-23)27-22-25(35)11-12-28(27)40(32(34)41)47(43,44)30-10-6-5-9-29(30)45-3/h5-12,17,22-24H,4,13-16,18-21H2,1-3H3,(H,37,42). The molecule has 1 atom stereocenters. The van der Waals surface area contributed by atoms with Gasteiger partial charge in [-0.2, -0.15) is 4.31 Å². The molecule has 3 aromatic rings. The molecule has 2 fully saturated rings. The predicted octanol–water partition coefficient (Wildman–Crippen LogP) is 4.37. The van der Waals surface area contributed by atoms with E-state index >= 15 is 4.39 Å². The number of urea groups is 1. The number of likely N-dealkylation sites (tertiary alicyclic amines) is 2. The maximum absolute atomic E-state index is 15.1. The highest BCUT2D eigenvalue weighted by molar-refractivity contribution is 7.93. The first-order chi connectivity index (χ1) is 22.6. The summed E-state index contributed by atoms with van der Waals surface area (Å²) in [7, 11) is -1.18. The predicted molar refractivity (Wildman–Crippen MR) is 173 cm³/mol. The first-order valence-corrected chi connectivity index (χ1v) is 17.4. The summed E-state index contributed by atoms with van der Waals surface area (Å²) in [6, 6.07) is 11.8. The lowest BCUT2D eigenvalue weighted by molar-refractivity contribution is -0.121. The second-order valence-corrected chi connectivity index (χ2v) is 14.1. The monoisotopic (exact) mass is 665 g/mol. The fourth-order valence-electron chi connectivity index (χ4n) is 7.22. The molecular weight excluding hydrogens is 625 g/mol. The van der Waals surface area contributed by atoms with Crippen LogP contribution in [0.1, 0.15) is 43.7 Å². The molecule has 1 unspecified atom stereocenters. The number of sulfonamides is 1. The summed E-state index contributed by atoms with van der Waals surface area (Å²) < 4.78 is 55.6. The van der Waals surface area contributed by atoms with E-state index in [2.05, 4.69) is 22.2 Å². The molecule has 0 saturated carbocycles. The minimum absolute atomic E-state index is 0.0105. The Labute approximate surface area is 274 Å². The normalized spacial score (nSPS) is 21.1. The molecule has 3 aliphatic rings. The van der Waals surface area contributed by atoms with Crippen molar-refractivity contribution in [2.24, 2.45) is 11.8 Å². The number of nitrogens with one attached hydrogen (secondary N) is 1. The van der Waals surface area contributed by atoms with Gasteiger partial charge in [-0.3, -0.25) is 4.79 Å². The van der Waals surface area contributed by atoms with E-state index in [1.807, 2.05) is 0 Å². The van der Waals surface area contributed by atoms with Gasteiger partial charge in [0.1, 0.15) is 16.5 Å². The van der Waals surface area contributed by atoms with Crippen molar-refractivity contribution in [3.05, 3.63) is 77.7 Å². The van der Waals surface area contributed by atoms with Crippen LogP contribution in [0.2, 0.25) is 0 Å². The molecule has 47 heavy (non-hydrogen) atoms. The highest BCUT2D eigenvalue weighted by Crippen LogP contribution is 2.49. The smallest absolute Gasteiger partial charge is 0.318 e. The first kappa shape index (κ1) is 32.7. The van der Waals surface area contributed by atoms with Gasteiger partial charge < -0.3 is 24.6 Å². The van der Waals surface area contributed by atoms with Gasteiger partial charge >= 0.3 is 6.03 Å². The van der Waals surface area contributed by atoms with E-state index in [1.165, 1.54) is 43.6 Å². The SMILES string of the molecule is CCOc1ncccc1C1(NC(=O)N2CCC(C3CCN(C)CC3)CC2)C(=O)N(S(=O)(=O)c2ccccc2OC)c2ccc(F)cc21. The molecule has 6 rings (SSSR count). The van der Waals surface area contributed by atoms with Crippen LogP contribution in [-0.4, -0.2) is 82.1 Å². The number of benzene rings is 2. The van der Waals surface area contributed by atoms with Gasteiger partial charge in [-0.25, -0.2) is 22.6 Å². The van der Waals surface area contributed by atoms with E-state index in [4.69, 9.17) is 9.47 Å². The Morgan fingerprint density at radius 1 is 1.00 bits per heavy atom. The Morgan fingerprint density at radius 3 is 2.36 bits per heavy atom. The molecule has 2 aromatic carbocycles. The van der Waals surface area contributed by atoms with Crippen molar-refractivity contribution in [3.8, 4) is 11.6 Å². The highest BCUT2D eigenvalue weighted by atomic mass is 32.2. The van der Waals surface area contributed by atoms with Crippen LogP contribution in [0, 0.1) is 17.7 Å². The van der Waals surface area contributed by atoms with Gasteiger partial charge in [-0.15, -0.1) is 0 Å². The van der Waals surface area contributed by atoms with Crippen LogP contribution < -0.4 is 19.1 Å². The average molecular weight is 666 g/mol. The number of amides is 3. The number of hydrogen-bond acceptors (Lipinski definition) is 8. The molecule has 0 bridgehead atoms. The molecule has 250 valence electrons. The summed E-state index contributed by atoms with van der Waals surface area (Å²) in [5.74, 6) is -0.605. The van der Waals surface area contributed by atoms with Crippen LogP contribution in [-0.2, 0) is 20.4 Å². The topological polar surface area (TPSA) is 121 Å². The van der Waals surface area contributed by atoms with Crippen molar-refractivity contribution in [3.63, 3.8) is 0 Å². The van der Waals surface area contributed by atoms with Gasteiger partial charge in [-0.1, -0.05) is 12.1 Å². The van der Waals surface area contributed by atoms with E-state index < -0.39 is 33.3 Å². The van der Waals surface area contributed by atoms with Gasteiger partial charge in [0.2, 0.25) is 5.88 Å². The minimum Gasteiger partial charge on any atom is -0.495 e. The third-order valence-electron chi connectivity index (χ3n) is 9.68. The van der Waals surface area contributed by atoms with Crippen LogP contribution in [0.25, 0.3) is 0 Å². The number of hydrogen-bond donors (Lipinski definition) is 1. The fourth-order valence-corrected chi connectivity index (χ4v) is 8.85. The zero-order chi connectivity index (χ0) is 33.3. The lowest BCUT2D eigenvalue weighted by atomic mass is 9.79. The fraction of sp³-hybridized carbons (Fsp3) is 0.441. The van der Waals surface area contributed by atoms with Crippen molar-refractivity contribution < 1.29 is 31.9 Å². The number of rotatable bonds is 8. The summed E-state index contributed by atoms with van der Waals surface area (Å²) >= 11 is 0. The number of piperidine rings is 2. The van der Waals surface area contributed by atoms with Gasteiger partial charge in [0.15, 0.2) is 5.54 Å². The maximum Gasteiger partial charge on any atom is 0.318 e. The summed E-state index contributed by atoms with van der Waals surface area (Å²) in [5.41, 5.74) is -2.25. The number of nitrogens with zero attached hydrogens (tertiary/aromatic N) is 4. The molecule has 13 heteroatoms. The number of para-hydroxylation sites is 1. The minimum atomic E-state index is -4.64. The molecule has 0 spiro atoms. The summed E-state index contributed by atoms with van der Waals surface area (Å²) in [4.78, 5) is 37.2. The number of halogens is 1. The van der Waals surface area contributed by atoms with Crippen LogP contribution in [0.5, 0.6) is 11.6 Å². The third-order valence-corrected chi connectivity index (χ3v) is 11.4. The number of aromatic nitrogens is 1. The Kier molecular flexibility index (Phi) is 9.12. The van der Waals surface area contributed by atoms with E-state index in [0.29, 0.717) is 29.2 Å². The number of pyridine rings is 1. The summed E-state index contributed by atoms with van der Waals surface area (Å²) in [5, 5.41) is 2.90. The molecule has 0 radical (unpaired) electrons. The Balaban J connectivity index is 1.42. The van der Waals surface area contributed by atoms with E-state index in [-0.39, 0.29) is 39.9 Å². The number of carbonyl (C=O) groups is 2. The number of methoxy groups -OCH3 is 1. The average Bonchev–Trinajstić information content (AvgIpc) is 3.33. The number of fused-ring (bicyclic) bond motifs is 1. The van der Waals surface area contributed by atoms with Gasteiger partial charge in [0.25, 0.3) is 15.9 Å². The molecule has 4 heterocycles. The second-order valence-electron chi connectivity index (χ2n) is 12.3. The van der Waals surface area contributed by atoms with Crippen molar-refractivity contribution in [2.45, 2.75) is 43.0 Å². The quantitative estimate of drug-likeness (QED) is 0.377. The molecule has 0 aliphatic carbocycles. The van der Waals surface area contributed by atoms with Crippen LogP contribution >= 0.6 is 0 Å². The first-order valence-electron chi connectivity index (χ1n) is 16.0. The van der Waals surface area contributed by atoms with Crippen LogP contribution in [0.15, 0.2) is 65.7 Å². The van der Waals surface area contributed by atoms with Crippen LogP contribution in [0.3, 0.4) is 0 Å². The molecule has 3 aliphatic heterocycles. The number of anilines is 1. The van der Waals surface area contributed by atoms with Crippen molar-refractivity contribution in [1.29, 1.82) is 0 Å². The van der Waals surface area contributed by atoms with E-state index in [9.17, 15) is 18.0 Å². The Morgan fingerprint density at radius 2 is 1.68 bits per heavy atom. The Bertz CT molecular complexity index is 1760. The summed E-state index contributed by atoms with van der Waals surface area (Å²) in [6.07, 6.45) is 5.36. The van der Waals surface area contributed by atoms with Crippen molar-refractivity contribution in [2.75, 3.05) is 51.2 Å². The Hall–Kier alpha value is -4.23. The van der Waals surface area contributed by atoms with Crippen molar-refractivity contribution >= 4 is 27.6 Å². The largest absolute Gasteiger partial charge is 0.495 e. The van der Waals surface area contributed by atoms with Crippen LogP contribution in [0.4, 0.5) is 14.9 Å². The highest BCUT2D eigenvalue weighted by Gasteiger charge is 2.59. The zero-order valence-corrected chi connectivity index (χ0v) is 27.6. The zero-order valence-electron chi connectivity index (χ0n) is 26.8. The number of carbonyl (C=O) groups excluding carboxylic acids is 2. The molecular formula is C34H40FN5O6S.